The topological polar surface area (TPSA) is 85.1 Å². The molecule has 150 valence electrons. The molecule has 2 saturated heterocycles. The van der Waals surface area contributed by atoms with Crippen LogP contribution in [-0.4, -0.2) is 57.1 Å². The van der Waals surface area contributed by atoms with Crippen LogP contribution < -0.4 is 5.69 Å². The van der Waals surface area contributed by atoms with Crippen LogP contribution in [-0.2, 0) is 17.8 Å². The van der Waals surface area contributed by atoms with Crippen molar-refractivity contribution in [2.45, 2.75) is 32.2 Å². The molecule has 0 bridgehead atoms. The molecular weight excluding hydrogens is 378 g/mol. The second-order valence-corrected chi connectivity index (χ2v) is 8.37. The highest BCUT2D eigenvalue weighted by atomic mass is 35.5. The minimum Gasteiger partial charge on any atom is -0.342 e. The molecule has 1 aromatic carbocycles. The average molecular weight is 404 g/mol. The summed E-state index contributed by atoms with van der Waals surface area (Å²) < 4.78 is 0. The van der Waals surface area contributed by atoms with Gasteiger partial charge in [0, 0.05) is 31.2 Å². The molecule has 28 heavy (non-hydrogen) atoms. The number of aromatic nitrogens is 3. The largest absolute Gasteiger partial charge is 0.342 e. The lowest BCUT2D eigenvalue weighted by atomic mass is 9.83. The van der Waals surface area contributed by atoms with Gasteiger partial charge in [0.05, 0.1) is 6.42 Å². The first-order valence-corrected chi connectivity index (χ1v) is 10.3. The van der Waals surface area contributed by atoms with E-state index in [1.54, 1.807) is 0 Å². The number of carbonyl (C=O) groups excluding carboxylic acids is 1. The summed E-state index contributed by atoms with van der Waals surface area (Å²) in [5, 5.41) is 6.91. The number of likely N-dealkylation sites (tertiary alicyclic amines) is 2. The zero-order chi connectivity index (χ0) is 19.5. The van der Waals surface area contributed by atoms with E-state index in [1.165, 1.54) is 12.0 Å². The van der Waals surface area contributed by atoms with E-state index in [0.29, 0.717) is 17.7 Å². The zero-order valence-electron chi connectivity index (χ0n) is 15.9. The Kier molecular flexibility index (Phi) is 5.82. The number of hydrogen-bond donors (Lipinski definition) is 2. The lowest BCUT2D eigenvalue weighted by Gasteiger charge is -2.35. The van der Waals surface area contributed by atoms with Gasteiger partial charge < -0.3 is 4.90 Å². The molecule has 2 aromatic rings. The van der Waals surface area contributed by atoms with Crippen molar-refractivity contribution < 1.29 is 4.79 Å². The van der Waals surface area contributed by atoms with Crippen LogP contribution in [0.15, 0.2) is 29.1 Å². The van der Waals surface area contributed by atoms with Crippen LogP contribution in [0.4, 0.5) is 0 Å². The highest BCUT2D eigenvalue weighted by Crippen LogP contribution is 2.32. The first-order chi connectivity index (χ1) is 13.6. The molecule has 4 rings (SSSR count). The predicted molar refractivity (Wildman–Crippen MR) is 107 cm³/mol. The van der Waals surface area contributed by atoms with Crippen molar-refractivity contribution in [1.29, 1.82) is 0 Å². The maximum Gasteiger partial charge on any atom is 0.340 e. The van der Waals surface area contributed by atoms with E-state index in [1.807, 2.05) is 17.0 Å². The molecule has 2 aliphatic heterocycles. The van der Waals surface area contributed by atoms with Gasteiger partial charge in [0.25, 0.3) is 0 Å². The van der Waals surface area contributed by atoms with Crippen molar-refractivity contribution in [3.63, 3.8) is 0 Å². The highest BCUT2D eigenvalue weighted by molar-refractivity contribution is 6.30. The minimum absolute atomic E-state index is 0.0389. The lowest BCUT2D eigenvalue weighted by Crippen LogP contribution is -2.41. The molecule has 2 N–H and O–H groups in total. The van der Waals surface area contributed by atoms with Crippen molar-refractivity contribution in [3.8, 4) is 0 Å². The second kappa shape index (κ2) is 8.49. The van der Waals surface area contributed by atoms with Crippen molar-refractivity contribution in [2.75, 3.05) is 26.2 Å². The number of piperidine rings is 1. The van der Waals surface area contributed by atoms with Crippen LogP contribution in [0, 0.1) is 11.8 Å². The maximum absolute atomic E-state index is 12.4. The molecule has 3 heterocycles. The molecule has 1 atom stereocenters. The molecule has 0 unspecified atom stereocenters. The van der Waals surface area contributed by atoms with Gasteiger partial charge in [0.1, 0.15) is 5.82 Å². The van der Waals surface area contributed by atoms with Crippen molar-refractivity contribution >= 4 is 17.5 Å². The summed E-state index contributed by atoms with van der Waals surface area (Å²) in [6.45, 7) is 4.85. The number of nitrogens with zero attached hydrogens (tertiary/aromatic N) is 3. The van der Waals surface area contributed by atoms with E-state index < -0.39 is 0 Å². The summed E-state index contributed by atoms with van der Waals surface area (Å²) in [6.07, 6.45) is 3.51. The molecule has 1 aromatic heterocycles. The van der Waals surface area contributed by atoms with Gasteiger partial charge in [-0.3, -0.25) is 14.7 Å². The number of hydrogen-bond acceptors (Lipinski definition) is 4. The van der Waals surface area contributed by atoms with Crippen molar-refractivity contribution in [3.05, 3.63) is 51.2 Å². The number of H-pyrrole nitrogens is 2. The van der Waals surface area contributed by atoms with E-state index >= 15 is 0 Å². The predicted octanol–water partition coefficient (Wildman–Crippen LogP) is 2.05. The van der Waals surface area contributed by atoms with E-state index in [9.17, 15) is 9.59 Å². The van der Waals surface area contributed by atoms with E-state index in [2.05, 4.69) is 32.2 Å². The van der Waals surface area contributed by atoms with Gasteiger partial charge in [0.2, 0.25) is 5.91 Å². The smallest absolute Gasteiger partial charge is 0.340 e. The number of amides is 1. The fourth-order valence-corrected chi connectivity index (χ4v) is 4.63. The Balaban J connectivity index is 1.23. The Labute approximate surface area is 169 Å². The molecule has 0 saturated carbocycles. The van der Waals surface area contributed by atoms with Crippen LogP contribution in [0.25, 0.3) is 0 Å². The number of nitrogens with one attached hydrogen (secondary N) is 2. The minimum atomic E-state index is -0.370. The van der Waals surface area contributed by atoms with Crippen molar-refractivity contribution in [2.24, 2.45) is 11.8 Å². The zero-order valence-corrected chi connectivity index (χ0v) is 16.6. The first-order valence-electron chi connectivity index (χ1n) is 9.95. The fraction of sp³-hybridized carbons (Fsp3) is 0.550. The standard InChI is InChI=1S/C20H26ClN5O2/c21-17-3-1-14(2-4-17)12-25-8-5-16(13-25)15-6-9-26(10-7-15)19(27)11-18-22-20(28)24-23-18/h1-4,15-16H,5-13H2,(H2,22,23,24,28)/t16-/m1/s1. The monoisotopic (exact) mass is 403 g/mol. The van der Waals surface area contributed by atoms with E-state index in [0.717, 1.165) is 50.6 Å². The summed E-state index contributed by atoms with van der Waals surface area (Å²) in [5.74, 6) is 1.85. The molecule has 1 amide bonds. The summed E-state index contributed by atoms with van der Waals surface area (Å²) in [5.41, 5.74) is 0.938. The average Bonchev–Trinajstić information content (AvgIpc) is 3.33. The molecule has 0 spiro atoms. The summed E-state index contributed by atoms with van der Waals surface area (Å²) in [4.78, 5) is 30.5. The lowest BCUT2D eigenvalue weighted by molar-refractivity contribution is -0.132. The van der Waals surface area contributed by atoms with Crippen LogP contribution in [0.2, 0.25) is 5.02 Å². The van der Waals surface area contributed by atoms with Gasteiger partial charge in [-0.15, -0.1) is 0 Å². The molecule has 0 radical (unpaired) electrons. The maximum atomic E-state index is 12.4. The number of rotatable bonds is 5. The summed E-state index contributed by atoms with van der Waals surface area (Å²) in [7, 11) is 0. The Hall–Kier alpha value is -2.12. The number of aromatic amines is 2. The van der Waals surface area contributed by atoms with E-state index in [4.69, 9.17) is 11.6 Å². The summed E-state index contributed by atoms with van der Waals surface area (Å²) in [6, 6.07) is 8.12. The quantitative estimate of drug-likeness (QED) is 0.800. The Bertz CT molecular complexity index is 854. The second-order valence-electron chi connectivity index (χ2n) is 7.93. The van der Waals surface area contributed by atoms with Gasteiger partial charge in [-0.1, -0.05) is 23.7 Å². The van der Waals surface area contributed by atoms with E-state index in [-0.39, 0.29) is 18.0 Å². The molecule has 2 fully saturated rings. The number of benzene rings is 1. The third kappa shape index (κ3) is 4.64. The third-order valence-corrected chi connectivity index (χ3v) is 6.31. The molecule has 2 aliphatic rings. The van der Waals surface area contributed by atoms with Crippen molar-refractivity contribution in [1.82, 2.24) is 25.0 Å². The highest BCUT2D eigenvalue weighted by Gasteiger charge is 2.33. The Morgan fingerprint density at radius 1 is 1.11 bits per heavy atom. The van der Waals surface area contributed by atoms with Gasteiger partial charge in [0.15, 0.2) is 0 Å². The summed E-state index contributed by atoms with van der Waals surface area (Å²) >= 11 is 5.97. The van der Waals surface area contributed by atoms with Gasteiger partial charge in [-0.05, 0) is 55.3 Å². The number of halogens is 1. The molecule has 0 aliphatic carbocycles. The molecule has 8 heteroatoms. The fourth-order valence-electron chi connectivity index (χ4n) is 4.50. The molecule has 7 nitrogen and oxygen atoms in total. The number of carbonyl (C=O) groups is 1. The van der Waals surface area contributed by atoms with Gasteiger partial charge >= 0.3 is 5.69 Å². The van der Waals surface area contributed by atoms with Gasteiger partial charge in [-0.25, -0.2) is 9.89 Å². The normalized spacial score (nSPS) is 21.3. The van der Waals surface area contributed by atoms with Crippen LogP contribution in [0.1, 0.15) is 30.7 Å². The van der Waals surface area contributed by atoms with Crippen LogP contribution in [0.3, 0.4) is 0 Å². The van der Waals surface area contributed by atoms with Crippen LogP contribution >= 0.6 is 11.6 Å². The Morgan fingerprint density at radius 3 is 2.50 bits per heavy atom. The SMILES string of the molecule is O=C(Cc1n[nH]c(=O)[nH]1)N1CCC([C@@H]2CCN(Cc3ccc(Cl)cc3)C2)CC1. The van der Waals surface area contributed by atoms with Crippen LogP contribution in [0.5, 0.6) is 0 Å². The Morgan fingerprint density at radius 2 is 1.82 bits per heavy atom. The third-order valence-electron chi connectivity index (χ3n) is 6.06. The molecular formula is C20H26ClN5O2. The van der Waals surface area contributed by atoms with Gasteiger partial charge in [-0.2, -0.15) is 5.10 Å². The first kappa shape index (κ1) is 19.2.